The Bertz CT molecular complexity index is 841. The number of hydrogen-bond acceptors (Lipinski definition) is 3. The Morgan fingerprint density at radius 1 is 1.12 bits per heavy atom. The fraction of sp³-hybridized carbons (Fsp3) is 0.389. The van der Waals surface area contributed by atoms with Gasteiger partial charge in [0.15, 0.2) is 11.5 Å². The zero-order valence-electron chi connectivity index (χ0n) is 14.6. The SMILES string of the molecule is CC(C)NC(=O)c1nc(C(=O)Nc2cc(Cl)cc(Cl)c2)c2n1CCCC2. The summed E-state index contributed by atoms with van der Waals surface area (Å²) in [6, 6.07) is 4.80. The third kappa shape index (κ3) is 4.02. The van der Waals surface area contributed by atoms with E-state index in [9.17, 15) is 9.59 Å². The average Bonchev–Trinajstić information content (AvgIpc) is 2.93. The van der Waals surface area contributed by atoms with Crippen LogP contribution in [0.1, 0.15) is 53.5 Å². The first-order valence-corrected chi connectivity index (χ1v) is 9.28. The van der Waals surface area contributed by atoms with Gasteiger partial charge in [-0.3, -0.25) is 9.59 Å². The van der Waals surface area contributed by atoms with E-state index in [1.807, 2.05) is 18.4 Å². The number of carbonyl (C=O) groups excluding carboxylic acids is 2. The lowest BCUT2D eigenvalue weighted by atomic mass is 10.1. The van der Waals surface area contributed by atoms with Gasteiger partial charge in [-0.15, -0.1) is 0 Å². The summed E-state index contributed by atoms with van der Waals surface area (Å²) < 4.78 is 1.85. The summed E-state index contributed by atoms with van der Waals surface area (Å²) >= 11 is 12.0. The molecule has 2 heterocycles. The number of fused-ring (bicyclic) bond motifs is 1. The van der Waals surface area contributed by atoms with Crippen molar-refractivity contribution < 1.29 is 9.59 Å². The van der Waals surface area contributed by atoms with Gasteiger partial charge in [0.2, 0.25) is 0 Å². The van der Waals surface area contributed by atoms with Crippen molar-refractivity contribution in [2.75, 3.05) is 5.32 Å². The predicted octanol–water partition coefficient (Wildman–Crippen LogP) is 3.92. The van der Waals surface area contributed by atoms with Crippen LogP contribution in [0.15, 0.2) is 18.2 Å². The van der Waals surface area contributed by atoms with Gasteiger partial charge in [-0.25, -0.2) is 4.98 Å². The van der Waals surface area contributed by atoms with Gasteiger partial charge in [0, 0.05) is 28.3 Å². The molecule has 0 fully saturated rings. The first kappa shape index (κ1) is 18.7. The molecular formula is C18H20Cl2N4O2. The molecule has 2 aromatic rings. The number of carbonyl (C=O) groups is 2. The number of anilines is 1. The molecule has 1 aliphatic heterocycles. The van der Waals surface area contributed by atoms with Gasteiger partial charge in [0.1, 0.15) is 0 Å². The standard InChI is InChI=1S/C18H20Cl2N4O2/c1-10(2)21-18(26)16-23-15(14-5-3-4-6-24(14)16)17(25)22-13-8-11(19)7-12(20)9-13/h7-10H,3-6H2,1-2H3,(H,21,26)(H,22,25). The molecule has 8 heteroatoms. The molecule has 1 aromatic heterocycles. The summed E-state index contributed by atoms with van der Waals surface area (Å²) in [6.45, 7) is 4.45. The number of hydrogen-bond donors (Lipinski definition) is 2. The first-order chi connectivity index (χ1) is 12.3. The van der Waals surface area contributed by atoms with Crippen LogP contribution in [0.5, 0.6) is 0 Å². The lowest BCUT2D eigenvalue weighted by Gasteiger charge is -2.17. The highest BCUT2D eigenvalue weighted by molar-refractivity contribution is 6.35. The maximum atomic E-state index is 12.8. The Labute approximate surface area is 161 Å². The minimum Gasteiger partial charge on any atom is -0.347 e. The highest BCUT2D eigenvalue weighted by Gasteiger charge is 2.27. The van der Waals surface area contributed by atoms with Gasteiger partial charge in [-0.05, 0) is 51.3 Å². The molecule has 0 radical (unpaired) electrons. The molecule has 138 valence electrons. The zero-order valence-corrected chi connectivity index (χ0v) is 16.1. The number of rotatable bonds is 4. The van der Waals surface area contributed by atoms with Gasteiger partial charge in [0.25, 0.3) is 11.8 Å². The molecule has 0 spiro atoms. The second kappa shape index (κ2) is 7.68. The molecule has 3 rings (SSSR count). The predicted molar refractivity (Wildman–Crippen MR) is 102 cm³/mol. The van der Waals surface area contributed by atoms with E-state index in [0.717, 1.165) is 18.5 Å². The highest BCUT2D eigenvalue weighted by atomic mass is 35.5. The molecule has 0 saturated carbocycles. The molecule has 2 amide bonds. The molecule has 1 aliphatic rings. The van der Waals surface area contributed by atoms with E-state index in [4.69, 9.17) is 23.2 Å². The number of benzene rings is 1. The van der Waals surface area contributed by atoms with Crippen LogP contribution in [0, 0.1) is 0 Å². The van der Waals surface area contributed by atoms with Crippen molar-refractivity contribution in [3.8, 4) is 0 Å². The Balaban J connectivity index is 1.92. The molecule has 6 nitrogen and oxygen atoms in total. The fourth-order valence-corrected chi connectivity index (χ4v) is 3.57. The van der Waals surface area contributed by atoms with E-state index in [-0.39, 0.29) is 29.4 Å². The van der Waals surface area contributed by atoms with Crippen molar-refractivity contribution in [3.63, 3.8) is 0 Å². The molecule has 0 bridgehead atoms. The van der Waals surface area contributed by atoms with Crippen LogP contribution < -0.4 is 10.6 Å². The average molecular weight is 395 g/mol. The fourth-order valence-electron chi connectivity index (χ4n) is 3.04. The van der Waals surface area contributed by atoms with Gasteiger partial charge in [-0.1, -0.05) is 23.2 Å². The van der Waals surface area contributed by atoms with E-state index in [1.165, 1.54) is 0 Å². The van der Waals surface area contributed by atoms with Crippen molar-refractivity contribution in [2.45, 2.75) is 45.7 Å². The van der Waals surface area contributed by atoms with Crippen molar-refractivity contribution in [3.05, 3.63) is 45.5 Å². The molecule has 0 saturated heterocycles. The van der Waals surface area contributed by atoms with Gasteiger partial charge >= 0.3 is 0 Å². The Morgan fingerprint density at radius 3 is 2.46 bits per heavy atom. The molecule has 1 aromatic carbocycles. The van der Waals surface area contributed by atoms with Crippen molar-refractivity contribution in [1.29, 1.82) is 0 Å². The van der Waals surface area contributed by atoms with Crippen molar-refractivity contribution in [2.24, 2.45) is 0 Å². The van der Waals surface area contributed by atoms with Gasteiger partial charge in [-0.2, -0.15) is 0 Å². The zero-order chi connectivity index (χ0) is 18.8. The van der Waals surface area contributed by atoms with Crippen LogP contribution in [0.3, 0.4) is 0 Å². The number of nitrogens with zero attached hydrogens (tertiary/aromatic N) is 2. The normalized spacial score (nSPS) is 13.4. The quantitative estimate of drug-likeness (QED) is 0.824. The Kier molecular flexibility index (Phi) is 5.53. The van der Waals surface area contributed by atoms with Crippen LogP contribution in [0.2, 0.25) is 10.0 Å². The van der Waals surface area contributed by atoms with Crippen molar-refractivity contribution >= 4 is 40.7 Å². The minimum atomic E-state index is -0.377. The van der Waals surface area contributed by atoms with E-state index >= 15 is 0 Å². The highest BCUT2D eigenvalue weighted by Crippen LogP contribution is 2.25. The van der Waals surface area contributed by atoms with Crippen molar-refractivity contribution in [1.82, 2.24) is 14.9 Å². The Hall–Kier alpha value is -2.05. The molecule has 0 atom stereocenters. The lowest BCUT2D eigenvalue weighted by molar-refractivity contribution is 0.0927. The van der Waals surface area contributed by atoms with Crippen LogP contribution >= 0.6 is 23.2 Å². The number of imidazole rings is 1. The third-order valence-electron chi connectivity index (χ3n) is 4.08. The summed E-state index contributed by atoms with van der Waals surface area (Å²) in [5, 5.41) is 6.46. The van der Waals surface area contributed by atoms with E-state index in [1.54, 1.807) is 18.2 Å². The van der Waals surface area contributed by atoms with Crippen LogP contribution in [0.4, 0.5) is 5.69 Å². The van der Waals surface area contributed by atoms with E-state index in [2.05, 4.69) is 15.6 Å². The van der Waals surface area contributed by atoms with E-state index in [0.29, 0.717) is 28.7 Å². The summed E-state index contributed by atoms with van der Waals surface area (Å²) in [4.78, 5) is 29.6. The summed E-state index contributed by atoms with van der Waals surface area (Å²) in [5.74, 6) is -0.367. The summed E-state index contributed by atoms with van der Waals surface area (Å²) in [5.41, 5.74) is 1.55. The monoisotopic (exact) mass is 394 g/mol. The molecule has 0 unspecified atom stereocenters. The second-order valence-corrected chi connectivity index (χ2v) is 7.45. The van der Waals surface area contributed by atoms with Crippen LogP contribution in [-0.2, 0) is 13.0 Å². The molecule has 26 heavy (non-hydrogen) atoms. The summed E-state index contributed by atoms with van der Waals surface area (Å²) in [6.07, 6.45) is 2.62. The van der Waals surface area contributed by atoms with Gasteiger partial charge < -0.3 is 15.2 Å². The largest absolute Gasteiger partial charge is 0.347 e. The minimum absolute atomic E-state index is 0.00933. The van der Waals surface area contributed by atoms with Gasteiger partial charge in [0.05, 0.1) is 5.69 Å². The number of nitrogens with one attached hydrogen (secondary N) is 2. The van der Waals surface area contributed by atoms with Crippen LogP contribution in [0.25, 0.3) is 0 Å². The second-order valence-electron chi connectivity index (χ2n) is 6.58. The number of aromatic nitrogens is 2. The first-order valence-electron chi connectivity index (χ1n) is 8.53. The maximum absolute atomic E-state index is 12.8. The molecule has 0 aliphatic carbocycles. The molecule has 2 N–H and O–H groups in total. The molecular weight excluding hydrogens is 375 g/mol. The van der Waals surface area contributed by atoms with Crippen LogP contribution in [-0.4, -0.2) is 27.4 Å². The number of amides is 2. The topological polar surface area (TPSA) is 76.0 Å². The lowest BCUT2D eigenvalue weighted by Crippen LogP contribution is -2.33. The smallest absolute Gasteiger partial charge is 0.287 e. The Morgan fingerprint density at radius 2 is 1.81 bits per heavy atom. The third-order valence-corrected chi connectivity index (χ3v) is 4.51. The van der Waals surface area contributed by atoms with E-state index < -0.39 is 0 Å². The maximum Gasteiger partial charge on any atom is 0.287 e. The summed E-state index contributed by atoms with van der Waals surface area (Å²) in [7, 11) is 0. The number of halogens is 2.